The molecule has 0 bridgehead atoms. The Morgan fingerprint density at radius 3 is 1.83 bits per heavy atom. The molecule has 2 atom stereocenters. The second-order valence-electron chi connectivity index (χ2n) is 12.6. The SMILES string of the molecule is C1=CC2C=C(c3c(-c4ccccc4)c4ccccc4c4ccccc34)C=CC2C(c2nc(C3=CCCC=C3)nc(-c3ccccc3)n2)=C1. The summed E-state index contributed by atoms with van der Waals surface area (Å²) in [5, 5.41) is 5.09. The lowest BCUT2D eigenvalue weighted by atomic mass is 9.75. The lowest BCUT2D eigenvalue weighted by molar-refractivity contribution is 0.673. The minimum atomic E-state index is 0.111. The van der Waals surface area contributed by atoms with E-state index < -0.39 is 0 Å². The third-order valence-electron chi connectivity index (χ3n) is 9.70. The molecule has 0 amide bonds. The second-order valence-corrected chi connectivity index (χ2v) is 12.6. The smallest absolute Gasteiger partial charge is 0.164 e. The van der Waals surface area contributed by atoms with Gasteiger partial charge in [-0.15, -0.1) is 0 Å². The summed E-state index contributed by atoms with van der Waals surface area (Å²) in [6.45, 7) is 0. The molecule has 3 heteroatoms. The third-order valence-corrected chi connectivity index (χ3v) is 9.70. The molecule has 3 aliphatic rings. The Hall–Kier alpha value is -5.93. The van der Waals surface area contributed by atoms with E-state index in [2.05, 4.69) is 146 Å². The molecule has 0 spiro atoms. The first-order chi connectivity index (χ1) is 23.8. The second kappa shape index (κ2) is 12.0. The molecule has 9 rings (SSSR count). The largest absolute Gasteiger partial charge is 0.209 e. The predicted octanol–water partition coefficient (Wildman–Crippen LogP) is 11.1. The van der Waals surface area contributed by atoms with Crippen LogP contribution in [0.4, 0.5) is 0 Å². The van der Waals surface area contributed by atoms with Crippen LogP contribution in [0.3, 0.4) is 0 Å². The molecule has 6 aromatic rings. The molecule has 3 aliphatic carbocycles. The van der Waals surface area contributed by atoms with Crippen LogP contribution in [0.15, 0.2) is 164 Å². The zero-order valence-corrected chi connectivity index (χ0v) is 26.5. The molecule has 2 unspecified atom stereocenters. The average molecular weight is 616 g/mol. The van der Waals surface area contributed by atoms with Crippen molar-refractivity contribution < 1.29 is 0 Å². The van der Waals surface area contributed by atoms with E-state index in [0.717, 1.165) is 41.2 Å². The highest BCUT2D eigenvalue weighted by Crippen LogP contribution is 2.46. The van der Waals surface area contributed by atoms with Crippen LogP contribution in [0.1, 0.15) is 30.1 Å². The Morgan fingerprint density at radius 1 is 0.500 bits per heavy atom. The van der Waals surface area contributed by atoms with Gasteiger partial charge in [0.1, 0.15) is 0 Å². The van der Waals surface area contributed by atoms with E-state index in [9.17, 15) is 0 Å². The summed E-state index contributed by atoms with van der Waals surface area (Å²) in [4.78, 5) is 15.1. The standard InChI is InChI=1S/C45H33N3/c1-4-15-30(16-5-1)41-38-24-12-10-22-36(38)37-23-11-13-25-39(37)42(41)34-27-28-35-33(29-34)21-14-26-40(35)45-47-43(31-17-6-2-7-18-31)46-44(48-45)32-19-8-3-9-20-32/h1-2,4-8,10-29,33,35H,3,9H2. The number of hydrogen-bond donors (Lipinski definition) is 0. The van der Waals surface area contributed by atoms with Crippen molar-refractivity contribution in [2.45, 2.75) is 12.8 Å². The first-order valence-electron chi connectivity index (χ1n) is 16.8. The van der Waals surface area contributed by atoms with Gasteiger partial charge in [0, 0.05) is 28.5 Å². The molecule has 0 radical (unpaired) electrons. The molecule has 1 aromatic heterocycles. The van der Waals surface area contributed by atoms with Gasteiger partial charge in [-0.3, -0.25) is 0 Å². The molecule has 0 saturated carbocycles. The van der Waals surface area contributed by atoms with Crippen molar-refractivity contribution in [1.82, 2.24) is 15.0 Å². The van der Waals surface area contributed by atoms with Gasteiger partial charge in [0.2, 0.25) is 0 Å². The maximum absolute atomic E-state index is 5.10. The average Bonchev–Trinajstić information content (AvgIpc) is 3.17. The van der Waals surface area contributed by atoms with Crippen molar-refractivity contribution in [1.29, 1.82) is 0 Å². The zero-order valence-electron chi connectivity index (χ0n) is 26.5. The van der Waals surface area contributed by atoms with Gasteiger partial charge in [0.15, 0.2) is 17.5 Å². The summed E-state index contributed by atoms with van der Waals surface area (Å²) < 4.78 is 0. The summed E-state index contributed by atoms with van der Waals surface area (Å²) >= 11 is 0. The molecule has 0 fully saturated rings. The van der Waals surface area contributed by atoms with E-state index in [0.29, 0.717) is 5.82 Å². The van der Waals surface area contributed by atoms with Crippen LogP contribution in [-0.4, -0.2) is 15.0 Å². The maximum Gasteiger partial charge on any atom is 0.164 e. The fourth-order valence-electron chi connectivity index (χ4n) is 7.45. The van der Waals surface area contributed by atoms with E-state index in [-0.39, 0.29) is 11.8 Å². The number of nitrogens with zero attached hydrogens (tertiary/aromatic N) is 3. The van der Waals surface area contributed by atoms with Gasteiger partial charge < -0.3 is 0 Å². The third kappa shape index (κ3) is 4.96. The van der Waals surface area contributed by atoms with Crippen molar-refractivity contribution in [3.8, 4) is 22.5 Å². The van der Waals surface area contributed by atoms with E-state index in [1.165, 1.54) is 43.8 Å². The van der Waals surface area contributed by atoms with Crippen LogP contribution in [0.5, 0.6) is 0 Å². The summed E-state index contributed by atoms with van der Waals surface area (Å²) in [5.74, 6) is 2.44. The number of hydrogen-bond acceptors (Lipinski definition) is 3. The van der Waals surface area contributed by atoms with Crippen LogP contribution >= 0.6 is 0 Å². The van der Waals surface area contributed by atoms with Crippen LogP contribution in [0, 0.1) is 11.8 Å². The van der Waals surface area contributed by atoms with Crippen molar-refractivity contribution in [3.05, 3.63) is 181 Å². The van der Waals surface area contributed by atoms with Gasteiger partial charge in [-0.05, 0) is 56.6 Å². The Labute approximate surface area is 280 Å². The molecule has 5 aromatic carbocycles. The Kier molecular flexibility index (Phi) is 7.09. The first-order valence-corrected chi connectivity index (χ1v) is 16.8. The molecule has 0 saturated heterocycles. The van der Waals surface area contributed by atoms with Crippen LogP contribution < -0.4 is 0 Å². The van der Waals surface area contributed by atoms with Gasteiger partial charge in [-0.2, -0.15) is 0 Å². The Morgan fingerprint density at radius 2 is 1.12 bits per heavy atom. The zero-order chi connectivity index (χ0) is 31.9. The van der Waals surface area contributed by atoms with Crippen molar-refractivity contribution in [3.63, 3.8) is 0 Å². The highest BCUT2D eigenvalue weighted by atomic mass is 15.0. The fraction of sp³-hybridized carbons (Fsp3) is 0.0889. The van der Waals surface area contributed by atoms with Crippen molar-refractivity contribution in [2.24, 2.45) is 11.8 Å². The highest BCUT2D eigenvalue weighted by molar-refractivity contribution is 6.19. The minimum Gasteiger partial charge on any atom is -0.209 e. The molecule has 0 N–H and O–H groups in total. The quantitative estimate of drug-likeness (QED) is 0.181. The lowest BCUT2D eigenvalue weighted by Gasteiger charge is -2.29. The lowest BCUT2D eigenvalue weighted by Crippen LogP contribution is -2.18. The highest BCUT2D eigenvalue weighted by Gasteiger charge is 2.30. The van der Waals surface area contributed by atoms with Crippen LogP contribution in [0.2, 0.25) is 0 Å². The number of benzene rings is 5. The maximum atomic E-state index is 5.10. The molecule has 228 valence electrons. The summed E-state index contributed by atoms with van der Waals surface area (Å²) in [7, 11) is 0. The van der Waals surface area contributed by atoms with Crippen molar-refractivity contribution >= 4 is 38.3 Å². The van der Waals surface area contributed by atoms with Crippen LogP contribution in [0.25, 0.3) is 60.8 Å². The molecular weight excluding hydrogens is 583 g/mol. The summed E-state index contributed by atoms with van der Waals surface area (Å²) in [6, 6.07) is 38.7. The molecule has 48 heavy (non-hydrogen) atoms. The number of aromatic nitrogens is 3. The van der Waals surface area contributed by atoms with Gasteiger partial charge >= 0.3 is 0 Å². The van der Waals surface area contributed by atoms with E-state index in [1.807, 2.05) is 18.2 Å². The number of fused-ring (bicyclic) bond motifs is 4. The van der Waals surface area contributed by atoms with Crippen LogP contribution in [-0.2, 0) is 0 Å². The topological polar surface area (TPSA) is 38.7 Å². The molecule has 1 heterocycles. The summed E-state index contributed by atoms with van der Waals surface area (Å²) in [6.07, 6.45) is 22.4. The Bertz CT molecular complexity index is 2390. The van der Waals surface area contributed by atoms with E-state index in [4.69, 9.17) is 15.0 Å². The van der Waals surface area contributed by atoms with Gasteiger partial charge in [0.25, 0.3) is 0 Å². The van der Waals surface area contributed by atoms with Gasteiger partial charge in [0.05, 0.1) is 0 Å². The number of rotatable bonds is 5. The van der Waals surface area contributed by atoms with E-state index in [1.54, 1.807) is 0 Å². The Balaban J connectivity index is 1.18. The van der Waals surface area contributed by atoms with Gasteiger partial charge in [-0.1, -0.05) is 164 Å². The number of allylic oxidation sites excluding steroid dienone is 12. The molecule has 0 aliphatic heterocycles. The predicted molar refractivity (Wildman–Crippen MR) is 200 cm³/mol. The fourth-order valence-corrected chi connectivity index (χ4v) is 7.45. The van der Waals surface area contributed by atoms with E-state index >= 15 is 0 Å². The molecule has 3 nitrogen and oxygen atoms in total. The first kappa shape index (κ1) is 28.3. The van der Waals surface area contributed by atoms with Crippen molar-refractivity contribution in [2.75, 3.05) is 0 Å². The monoisotopic (exact) mass is 615 g/mol. The normalized spacial score (nSPS) is 18.4. The summed E-state index contributed by atoms with van der Waals surface area (Å²) in [5.41, 5.74) is 8.18. The minimum absolute atomic E-state index is 0.111. The van der Waals surface area contributed by atoms with Gasteiger partial charge in [-0.25, -0.2) is 15.0 Å². The molecular formula is C45H33N3.